The van der Waals surface area contributed by atoms with Gasteiger partial charge >= 0.3 is 13.2 Å². The van der Waals surface area contributed by atoms with Gasteiger partial charge in [-0.15, -0.1) is 0 Å². The molecule has 1 fully saturated rings. The zero-order valence-electron chi connectivity index (χ0n) is 21.9. The van der Waals surface area contributed by atoms with Gasteiger partial charge in [0.15, 0.2) is 0 Å². The number of alkyl carbamates (subject to hydrolysis) is 1. The highest BCUT2D eigenvalue weighted by Gasteiger charge is 2.52. The second-order valence-electron chi connectivity index (χ2n) is 10.7. The number of fused-ring (bicyclic) bond motifs is 3. The van der Waals surface area contributed by atoms with Gasteiger partial charge in [0.25, 0.3) is 0 Å². The summed E-state index contributed by atoms with van der Waals surface area (Å²) in [6.07, 6.45) is 1.04. The lowest BCUT2D eigenvalue weighted by Gasteiger charge is -2.32. The molecule has 1 amide bonds. The van der Waals surface area contributed by atoms with Crippen LogP contribution in [0.15, 0.2) is 72.2 Å². The maximum Gasteiger partial charge on any atom is 0.492 e. The molecule has 1 aliphatic carbocycles. The first-order valence-corrected chi connectivity index (χ1v) is 13.0. The van der Waals surface area contributed by atoms with Crippen LogP contribution in [0, 0.1) is 5.82 Å². The molecule has 0 unspecified atom stereocenters. The Morgan fingerprint density at radius 2 is 1.58 bits per heavy atom. The van der Waals surface area contributed by atoms with Gasteiger partial charge in [-0.25, -0.2) is 9.18 Å². The molecule has 1 aliphatic heterocycles. The van der Waals surface area contributed by atoms with Crippen molar-refractivity contribution in [2.75, 3.05) is 13.2 Å². The van der Waals surface area contributed by atoms with Gasteiger partial charge in [0, 0.05) is 23.0 Å². The van der Waals surface area contributed by atoms with E-state index in [0.717, 1.165) is 22.3 Å². The molecule has 3 aromatic carbocycles. The predicted molar refractivity (Wildman–Crippen MR) is 149 cm³/mol. The smallest absolute Gasteiger partial charge is 0.449 e. The van der Waals surface area contributed by atoms with Crippen molar-refractivity contribution < 1.29 is 23.2 Å². The molecule has 1 saturated heterocycles. The fraction of sp³-hybridized carbons (Fsp3) is 0.300. The summed E-state index contributed by atoms with van der Waals surface area (Å²) in [6.45, 7) is 7.99. The van der Waals surface area contributed by atoms with Crippen LogP contribution in [0.2, 0.25) is 5.02 Å². The Labute approximate surface area is 228 Å². The Hall–Kier alpha value is -3.13. The third-order valence-electron chi connectivity index (χ3n) is 7.64. The van der Waals surface area contributed by atoms with Crippen molar-refractivity contribution >= 4 is 30.9 Å². The minimum Gasteiger partial charge on any atom is -0.449 e. The van der Waals surface area contributed by atoms with E-state index in [-0.39, 0.29) is 19.1 Å². The molecule has 38 heavy (non-hydrogen) atoms. The maximum atomic E-state index is 14.6. The van der Waals surface area contributed by atoms with Crippen LogP contribution < -0.4 is 5.32 Å². The molecular formula is C30H30BClFNO4. The van der Waals surface area contributed by atoms with E-state index < -0.39 is 30.2 Å². The molecule has 0 aromatic heterocycles. The molecule has 1 N–H and O–H groups in total. The number of hydrogen-bond donors (Lipinski definition) is 1. The standard InChI is InChI=1S/C30H30BClFNO4/c1-29(2)30(3,4)38-31(37-29)20(15-19-13-14-21(32)16-27(19)33)17-34-28(35)36-18-26-24-11-7-5-9-22(24)23-10-6-8-12-25(23)26/h5-16,26H,17-18H2,1-4H3,(H,34,35). The Balaban J connectivity index is 1.31. The van der Waals surface area contributed by atoms with Crippen molar-refractivity contribution in [3.05, 3.63) is 99.7 Å². The molecule has 1 heterocycles. The summed E-state index contributed by atoms with van der Waals surface area (Å²) in [5, 5.41) is 3.10. The lowest BCUT2D eigenvalue weighted by atomic mass is 9.77. The van der Waals surface area contributed by atoms with Crippen LogP contribution in [0.1, 0.15) is 50.3 Å². The quantitative estimate of drug-likeness (QED) is 0.346. The summed E-state index contributed by atoms with van der Waals surface area (Å²) in [7, 11) is -0.774. The zero-order chi connectivity index (χ0) is 27.1. The summed E-state index contributed by atoms with van der Waals surface area (Å²) in [4.78, 5) is 12.8. The van der Waals surface area contributed by atoms with E-state index in [1.54, 1.807) is 18.2 Å². The molecule has 196 valence electrons. The van der Waals surface area contributed by atoms with E-state index in [9.17, 15) is 9.18 Å². The van der Waals surface area contributed by atoms with Crippen LogP contribution in [-0.2, 0) is 14.0 Å². The molecule has 5 rings (SSSR count). The lowest BCUT2D eigenvalue weighted by Crippen LogP contribution is -2.41. The molecule has 5 nitrogen and oxygen atoms in total. The number of halogens is 2. The molecule has 2 aliphatic rings. The minimum atomic E-state index is -0.774. The molecule has 0 spiro atoms. The predicted octanol–water partition coefficient (Wildman–Crippen LogP) is 7.03. The van der Waals surface area contributed by atoms with Crippen molar-refractivity contribution in [1.82, 2.24) is 5.32 Å². The number of carbonyl (C=O) groups excluding carboxylic acids is 1. The molecule has 0 bridgehead atoms. The average Bonchev–Trinajstić information content (AvgIpc) is 3.30. The van der Waals surface area contributed by atoms with Crippen LogP contribution >= 0.6 is 11.6 Å². The first-order chi connectivity index (χ1) is 18.1. The molecular weight excluding hydrogens is 504 g/mol. The minimum absolute atomic E-state index is 0.0468. The molecule has 0 saturated carbocycles. The highest BCUT2D eigenvalue weighted by molar-refractivity contribution is 6.56. The van der Waals surface area contributed by atoms with Gasteiger partial charge in [-0.3, -0.25) is 0 Å². The van der Waals surface area contributed by atoms with Crippen LogP contribution in [-0.4, -0.2) is 37.6 Å². The van der Waals surface area contributed by atoms with Gasteiger partial charge in [-0.2, -0.15) is 0 Å². The van der Waals surface area contributed by atoms with E-state index in [1.807, 2.05) is 52.0 Å². The number of nitrogens with one attached hydrogen (secondary N) is 1. The normalized spacial score (nSPS) is 17.7. The van der Waals surface area contributed by atoms with Gasteiger partial charge in [0.2, 0.25) is 0 Å². The van der Waals surface area contributed by atoms with Crippen LogP contribution in [0.5, 0.6) is 0 Å². The number of benzene rings is 3. The van der Waals surface area contributed by atoms with Crippen LogP contribution in [0.25, 0.3) is 17.2 Å². The first-order valence-electron chi connectivity index (χ1n) is 12.7. The third kappa shape index (κ3) is 5.11. The van der Waals surface area contributed by atoms with Crippen molar-refractivity contribution in [3.8, 4) is 11.1 Å². The van der Waals surface area contributed by atoms with Gasteiger partial charge in [0.1, 0.15) is 12.4 Å². The molecule has 8 heteroatoms. The topological polar surface area (TPSA) is 56.8 Å². The van der Waals surface area contributed by atoms with Crippen LogP contribution in [0.3, 0.4) is 0 Å². The van der Waals surface area contributed by atoms with Crippen molar-refractivity contribution in [3.63, 3.8) is 0 Å². The lowest BCUT2D eigenvalue weighted by molar-refractivity contribution is 0.00578. The first kappa shape index (κ1) is 26.5. The maximum absolute atomic E-state index is 14.6. The summed E-state index contributed by atoms with van der Waals surface area (Å²) in [6, 6.07) is 20.8. The summed E-state index contributed by atoms with van der Waals surface area (Å²) >= 11 is 5.93. The number of rotatable bonds is 6. The van der Waals surface area contributed by atoms with E-state index in [4.69, 9.17) is 25.6 Å². The fourth-order valence-corrected chi connectivity index (χ4v) is 5.00. The largest absolute Gasteiger partial charge is 0.492 e. The highest BCUT2D eigenvalue weighted by atomic mass is 35.5. The van der Waals surface area contributed by atoms with Crippen molar-refractivity contribution in [2.45, 2.75) is 44.8 Å². The summed E-state index contributed by atoms with van der Waals surface area (Å²) < 4.78 is 32.7. The number of carbonyl (C=O) groups is 1. The van der Waals surface area contributed by atoms with Gasteiger partial charge < -0.3 is 19.4 Å². The monoisotopic (exact) mass is 533 g/mol. The zero-order valence-corrected chi connectivity index (χ0v) is 22.6. The van der Waals surface area contributed by atoms with E-state index in [2.05, 4.69) is 29.6 Å². The third-order valence-corrected chi connectivity index (χ3v) is 7.88. The van der Waals surface area contributed by atoms with Gasteiger partial charge in [0.05, 0.1) is 11.2 Å². The number of amides is 1. The Bertz CT molecular complexity index is 1350. The Kier molecular flexibility index (Phi) is 7.12. The van der Waals surface area contributed by atoms with Crippen LogP contribution in [0.4, 0.5) is 9.18 Å². The Morgan fingerprint density at radius 1 is 1.00 bits per heavy atom. The summed E-state index contributed by atoms with van der Waals surface area (Å²) in [5.74, 6) is -0.526. The number of hydrogen-bond acceptors (Lipinski definition) is 4. The van der Waals surface area contributed by atoms with Crippen molar-refractivity contribution in [2.24, 2.45) is 0 Å². The summed E-state index contributed by atoms with van der Waals surface area (Å²) in [5.41, 5.74) is 4.26. The van der Waals surface area contributed by atoms with E-state index in [0.29, 0.717) is 16.1 Å². The SMILES string of the molecule is CC1(C)OB(C(=Cc2ccc(Cl)cc2F)CNC(=O)OCC2c3ccccc3-c3ccccc32)OC1(C)C. The fourth-order valence-electron chi connectivity index (χ4n) is 4.84. The highest BCUT2D eigenvalue weighted by Crippen LogP contribution is 2.44. The van der Waals surface area contributed by atoms with E-state index >= 15 is 0 Å². The second kappa shape index (κ2) is 10.2. The molecule has 0 radical (unpaired) electrons. The van der Waals surface area contributed by atoms with Gasteiger partial charge in [-0.1, -0.05) is 72.3 Å². The second-order valence-corrected chi connectivity index (χ2v) is 11.1. The average molecular weight is 534 g/mol. The molecule has 3 aromatic rings. The molecule has 0 atom stereocenters. The number of ether oxygens (including phenoxy) is 1. The Morgan fingerprint density at radius 3 is 2.16 bits per heavy atom. The van der Waals surface area contributed by atoms with E-state index in [1.165, 1.54) is 6.07 Å². The van der Waals surface area contributed by atoms with Gasteiger partial charge in [-0.05, 0) is 67.6 Å². The van der Waals surface area contributed by atoms with Crippen molar-refractivity contribution in [1.29, 1.82) is 0 Å².